The van der Waals surface area contributed by atoms with Crippen molar-refractivity contribution in [3.8, 4) is 0 Å². The van der Waals surface area contributed by atoms with Crippen LogP contribution in [0.5, 0.6) is 0 Å². The van der Waals surface area contributed by atoms with E-state index in [1.807, 2.05) is 6.92 Å². The summed E-state index contributed by atoms with van der Waals surface area (Å²) in [5.41, 5.74) is 1.97. The van der Waals surface area contributed by atoms with Gasteiger partial charge in [0.1, 0.15) is 0 Å². The zero-order chi connectivity index (χ0) is 17.9. The molecule has 0 heterocycles. The molecule has 2 rings (SSSR count). The average molecular weight is 347 g/mol. The first-order chi connectivity index (χ1) is 11.2. The predicted octanol–water partition coefficient (Wildman–Crippen LogP) is 1.85. The molecule has 0 saturated carbocycles. The molecule has 0 aliphatic carbocycles. The molecule has 7 nitrogen and oxygen atoms in total. The van der Waals surface area contributed by atoms with Crippen LogP contribution in [-0.2, 0) is 14.8 Å². The summed E-state index contributed by atoms with van der Waals surface area (Å²) in [5, 5.41) is 10.3. The Morgan fingerprint density at radius 2 is 1.62 bits per heavy atom. The maximum Gasteiger partial charge on any atom is 0.257 e. The van der Waals surface area contributed by atoms with E-state index in [1.54, 1.807) is 18.2 Å². The number of nitrogens with one attached hydrogen (secondary N) is 2. The lowest BCUT2D eigenvalue weighted by molar-refractivity contribution is -0.114. The lowest BCUT2D eigenvalue weighted by Gasteiger charge is -2.12. The minimum absolute atomic E-state index is 0.0463. The van der Waals surface area contributed by atoms with Crippen molar-refractivity contribution in [3.63, 3.8) is 0 Å². The fourth-order valence-electron chi connectivity index (χ4n) is 2.07. The Hall–Kier alpha value is -2.71. The van der Waals surface area contributed by atoms with E-state index in [0.717, 1.165) is 5.56 Å². The number of amides is 2. The fraction of sp³-hybridized carbons (Fsp3) is 0.125. The molecule has 0 saturated heterocycles. The number of carbonyl (C=O) groups is 2. The summed E-state index contributed by atoms with van der Waals surface area (Å²) in [4.78, 5) is 23.6. The molecule has 2 amide bonds. The van der Waals surface area contributed by atoms with E-state index in [2.05, 4.69) is 10.6 Å². The highest BCUT2D eigenvalue weighted by atomic mass is 32.2. The molecule has 0 aromatic heterocycles. The van der Waals surface area contributed by atoms with Crippen LogP contribution in [0, 0.1) is 6.92 Å². The minimum Gasteiger partial charge on any atom is -0.326 e. The summed E-state index contributed by atoms with van der Waals surface area (Å²) >= 11 is 0. The smallest absolute Gasteiger partial charge is 0.257 e. The summed E-state index contributed by atoms with van der Waals surface area (Å²) in [6.45, 7) is 3.18. The van der Waals surface area contributed by atoms with Crippen LogP contribution in [0.2, 0.25) is 0 Å². The van der Waals surface area contributed by atoms with Crippen LogP contribution in [0.1, 0.15) is 22.8 Å². The molecule has 0 spiro atoms. The van der Waals surface area contributed by atoms with Gasteiger partial charge in [-0.1, -0.05) is 11.6 Å². The van der Waals surface area contributed by atoms with Gasteiger partial charge in [-0.15, -0.1) is 0 Å². The molecule has 2 aromatic rings. The molecule has 8 heteroatoms. The van der Waals surface area contributed by atoms with Crippen LogP contribution in [-0.4, -0.2) is 20.2 Å². The Bertz CT molecular complexity index is 890. The van der Waals surface area contributed by atoms with Gasteiger partial charge in [-0.3, -0.25) is 9.59 Å². The number of aryl methyl sites for hydroxylation is 1. The quantitative estimate of drug-likeness (QED) is 0.782. The maximum atomic E-state index is 12.4. The molecule has 4 N–H and O–H groups in total. The van der Waals surface area contributed by atoms with Gasteiger partial charge in [0.15, 0.2) is 0 Å². The number of rotatable bonds is 4. The highest BCUT2D eigenvalue weighted by Gasteiger charge is 2.14. The third-order valence-electron chi connectivity index (χ3n) is 3.17. The summed E-state index contributed by atoms with van der Waals surface area (Å²) in [7, 11) is -3.79. The summed E-state index contributed by atoms with van der Waals surface area (Å²) < 4.78 is 22.4. The molecule has 2 aromatic carbocycles. The van der Waals surface area contributed by atoms with Crippen LogP contribution in [0.4, 0.5) is 11.4 Å². The van der Waals surface area contributed by atoms with E-state index in [4.69, 9.17) is 5.14 Å². The van der Waals surface area contributed by atoms with Crippen LogP contribution in [0.15, 0.2) is 47.4 Å². The van der Waals surface area contributed by atoms with Crippen LogP contribution in [0.3, 0.4) is 0 Å². The lowest BCUT2D eigenvalue weighted by Crippen LogP contribution is -2.17. The van der Waals surface area contributed by atoms with E-state index < -0.39 is 15.9 Å². The normalized spacial score (nSPS) is 11.0. The highest BCUT2D eigenvalue weighted by Crippen LogP contribution is 2.20. The zero-order valence-electron chi connectivity index (χ0n) is 13.2. The van der Waals surface area contributed by atoms with Gasteiger partial charge < -0.3 is 10.6 Å². The molecule has 0 aliphatic heterocycles. The second-order valence-corrected chi connectivity index (χ2v) is 6.82. The van der Waals surface area contributed by atoms with Crippen LogP contribution >= 0.6 is 0 Å². The average Bonchev–Trinajstić information content (AvgIpc) is 2.48. The Labute approximate surface area is 139 Å². The number of hydrogen-bond acceptors (Lipinski definition) is 4. The van der Waals surface area contributed by atoms with Gasteiger partial charge in [-0.05, 0) is 43.3 Å². The van der Waals surface area contributed by atoms with Crippen molar-refractivity contribution in [1.82, 2.24) is 0 Å². The van der Waals surface area contributed by atoms with Crippen molar-refractivity contribution >= 4 is 33.2 Å². The van der Waals surface area contributed by atoms with Gasteiger partial charge in [0.2, 0.25) is 15.9 Å². The molecule has 0 fully saturated rings. The monoisotopic (exact) mass is 347 g/mol. The molecule has 24 heavy (non-hydrogen) atoms. The second-order valence-electron chi connectivity index (χ2n) is 5.25. The number of primary sulfonamides is 1. The summed E-state index contributed by atoms with van der Waals surface area (Å²) in [6, 6.07) is 10.6. The van der Waals surface area contributed by atoms with Crippen molar-refractivity contribution in [3.05, 3.63) is 53.6 Å². The summed E-state index contributed by atoms with van der Waals surface area (Å²) in [5.74, 6) is -0.712. The first-order valence-electron chi connectivity index (χ1n) is 6.99. The van der Waals surface area contributed by atoms with Gasteiger partial charge in [-0.2, -0.15) is 0 Å². The van der Waals surface area contributed by atoms with E-state index in [1.165, 1.54) is 31.2 Å². The number of sulfonamides is 1. The standard InChI is InChI=1S/C16H17N3O4S/c1-10-3-8-15(18-11(2)20)14(9-10)16(21)19-12-4-6-13(7-5-12)24(17,22)23/h3-9H,1-2H3,(H,18,20)(H,19,21)(H2,17,22,23). The second kappa shape index (κ2) is 6.81. The third kappa shape index (κ3) is 4.40. The van der Waals surface area contributed by atoms with Gasteiger partial charge in [0, 0.05) is 12.6 Å². The topological polar surface area (TPSA) is 118 Å². The Kier molecular flexibility index (Phi) is 5.01. The van der Waals surface area contributed by atoms with Crippen molar-refractivity contribution < 1.29 is 18.0 Å². The minimum atomic E-state index is -3.79. The van der Waals surface area contributed by atoms with E-state index >= 15 is 0 Å². The van der Waals surface area contributed by atoms with Crippen molar-refractivity contribution in [1.29, 1.82) is 0 Å². The van der Waals surface area contributed by atoms with Crippen molar-refractivity contribution in [2.45, 2.75) is 18.7 Å². The first kappa shape index (κ1) is 17.6. The Morgan fingerprint density at radius 1 is 1.00 bits per heavy atom. The molecule has 0 bridgehead atoms. The first-order valence-corrected chi connectivity index (χ1v) is 8.54. The molecule has 126 valence electrons. The number of nitrogens with two attached hydrogens (primary N) is 1. The third-order valence-corrected chi connectivity index (χ3v) is 4.10. The number of hydrogen-bond donors (Lipinski definition) is 3. The van der Waals surface area contributed by atoms with Crippen LogP contribution < -0.4 is 15.8 Å². The Morgan fingerprint density at radius 3 is 2.17 bits per heavy atom. The predicted molar refractivity (Wildman–Crippen MR) is 91.3 cm³/mol. The van der Waals surface area contributed by atoms with Gasteiger partial charge >= 0.3 is 0 Å². The molecule has 0 aliphatic rings. The lowest BCUT2D eigenvalue weighted by atomic mass is 10.1. The summed E-state index contributed by atoms with van der Waals surface area (Å²) in [6.07, 6.45) is 0. The maximum absolute atomic E-state index is 12.4. The van der Waals surface area contributed by atoms with Gasteiger partial charge in [-0.25, -0.2) is 13.6 Å². The van der Waals surface area contributed by atoms with Crippen LogP contribution in [0.25, 0.3) is 0 Å². The number of benzene rings is 2. The highest BCUT2D eigenvalue weighted by molar-refractivity contribution is 7.89. The van der Waals surface area contributed by atoms with E-state index in [9.17, 15) is 18.0 Å². The van der Waals surface area contributed by atoms with Crippen molar-refractivity contribution in [2.75, 3.05) is 10.6 Å². The number of carbonyl (C=O) groups excluding carboxylic acids is 2. The SMILES string of the molecule is CC(=O)Nc1ccc(C)cc1C(=O)Nc1ccc(S(N)(=O)=O)cc1. The molecule has 0 radical (unpaired) electrons. The number of anilines is 2. The molecule has 0 unspecified atom stereocenters. The van der Waals surface area contributed by atoms with Crippen molar-refractivity contribution in [2.24, 2.45) is 5.14 Å². The van der Waals surface area contributed by atoms with E-state index in [0.29, 0.717) is 16.9 Å². The van der Waals surface area contributed by atoms with Gasteiger partial charge in [0.05, 0.1) is 16.1 Å². The van der Waals surface area contributed by atoms with E-state index in [-0.39, 0.29) is 10.8 Å². The largest absolute Gasteiger partial charge is 0.326 e. The molecular weight excluding hydrogens is 330 g/mol. The Balaban J connectivity index is 2.26. The zero-order valence-corrected chi connectivity index (χ0v) is 14.0. The fourth-order valence-corrected chi connectivity index (χ4v) is 2.59. The van der Waals surface area contributed by atoms with Gasteiger partial charge in [0.25, 0.3) is 5.91 Å². The molecular formula is C16H17N3O4S. The molecule has 0 atom stereocenters.